The summed E-state index contributed by atoms with van der Waals surface area (Å²) in [5.41, 5.74) is -0.176. The Morgan fingerprint density at radius 2 is 1.80 bits per heavy atom. The minimum absolute atomic E-state index is 0.0327. The second-order valence-electron chi connectivity index (χ2n) is 5.03. The summed E-state index contributed by atoms with van der Waals surface area (Å²) in [5.74, 6) is -0.692. The number of alkyl halides is 3. The van der Waals surface area contributed by atoms with Crippen molar-refractivity contribution in [2.24, 2.45) is 0 Å². The van der Waals surface area contributed by atoms with Gasteiger partial charge in [0.25, 0.3) is 5.91 Å². The molecule has 0 aliphatic rings. The number of aromatic amines is 1. The average Bonchev–Trinajstić information content (AvgIpc) is 3.06. The summed E-state index contributed by atoms with van der Waals surface area (Å²) in [6, 6.07) is 11.9. The molecule has 5 nitrogen and oxygen atoms in total. The molecule has 0 aliphatic heterocycles. The number of H-pyrrole nitrogens is 1. The Labute approximate surface area is 144 Å². The molecule has 0 bridgehead atoms. The predicted octanol–water partition coefficient (Wildman–Crippen LogP) is 4.40. The number of anilines is 1. The van der Waals surface area contributed by atoms with Crippen LogP contribution in [0.15, 0.2) is 48.5 Å². The van der Waals surface area contributed by atoms with E-state index in [-0.39, 0.29) is 11.4 Å². The monoisotopic (exact) mass is 366 g/mol. The van der Waals surface area contributed by atoms with Crippen molar-refractivity contribution in [1.29, 1.82) is 0 Å². The van der Waals surface area contributed by atoms with Crippen LogP contribution >= 0.6 is 11.6 Å². The number of aromatic nitrogens is 3. The Hall–Kier alpha value is -2.87. The topological polar surface area (TPSA) is 70.7 Å². The highest BCUT2D eigenvalue weighted by atomic mass is 35.5. The summed E-state index contributed by atoms with van der Waals surface area (Å²) >= 11 is 5.56. The van der Waals surface area contributed by atoms with Gasteiger partial charge < -0.3 is 5.32 Å². The molecule has 1 amide bonds. The number of benzene rings is 2. The van der Waals surface area contributed by atoms with E-state index in [0.717, 1.165) is 12.1 Å². The van der Waals surface area contributed by atoms with E-state index in [9.17, 15) is 18.0 Å². The predicted molar refractivity (Wildman–Crippen MR) is 86.2 cm³/mol. The van der Waals surface area contributed by atoms with Crippen molar-refractivity contribution in [3.05, 3.63) is 64.8 Å². The fourth-order valence-corrected chi connectivity index (χ4v) is 2.42. The van der Waals surface area contributed by atoms with Crippen LogP contribution < -0.4 is 5.32 Å². The zero-order chi connectivity index (χ0) is 18.0. The van der Waals surface area contributed by atoms with Crippen LogP contribution in [-0.4, -0.2) is 21.3 Å². The second-order valence-corrected chi connectivity index (χ2v) is 5.44. The molecule has 0 aliphatic carbocycles. The molecule has 0 atom stereocenters. The van der Waals surface area contributed by atoms with Crippen LogP contribution in [0.2, 0.25) is 5.02 Å². The van der Waals surface area contributed by atoms with Crippen LogP contribution in [0.3, 0.4) is 0 Å². The maximum Gasteiger partial charge on any atom is 0.417 e. The third-order valence-electron chi connectivity index (χ3n) is 3.34. The van der Waals surface area contributed by atoms with E-state index < -0.39 is 22.7 Å². The van der Waals surface area contributed by atoms with Gasteiger partial charge in [-0.3, -0.25) is 4.79 Å². The van der Waals surface area contributed by atoms with Gasteiger partial charge in [0.1, 0.15) is 5.69 Å². The van der Waals surface area contributed by atoms with Gasteiger partial charge in [0.05, 0.1) is 10.6 Å². The first-order chi connectivity index (χ1) is 11.9. The number of hydrogen-bond acceptors (Lipinski definition) is 3. The van der Waals surface area contributed by atoms with Gasteiger partial charge >= 0.3 is 6.18 Å². The number of hydrogen-bond donors (Lipinski definition) is 2. The standard InChI is InChI=1S/C16H10ClF3N4O/c17-12-7-6-10(8-11(12)16(18,19)20)21-15(25)14-13(22-24-23-14)9-4-2-1-3-5-9/h1-8H,(H,21,25)(H,22,23,24). The third-order valence-corrected chi connectivity index (χ3v) is 3.67. The van der Waals surface area contributed by atoms with E-state index >= 15 is 0 Å². The second kappa shape index (κ2) is 6.56. The third kappa shape index (κ3) is 3.63. The van der Waals surface area contributed by atoms with Crippen molar-refractivity contribution >= 4 is 23.2 Å². The molecule has 25 heavy (non-hydrogen) atoms. The Morgan fingerprint density at radius 3 is 2.48 bits per heavy atom. The van der Waals surface area contributed by atoms with E-state index in [4.69, 9.17) is 11.6 Å². The van der Waals surface area contributed by atoms with Crippen molar-refractivity contribution in [2.45, 2.75) is 6.18 Å². The fraction of sp³-hybridized carbons (Fsp3) is 0.0625. The number of nitrogens with one attached hydrogen (secondary N) is 2. The zero-order valence-corrected chi connectivity index (χ0v) is 13.2. The van der Waals surface area contributed by atoms with Gasteiger partial charge in [-0.2, -0.15) is 28.6 Å². The molecule has 128 valence electrons. The minimum atomic E-state index is -4.62. The summed E-state index contributed by atoms with van der Waals surface area (Å²) in [6.45, 7) is 0. The summed E-state index contributed by atoms with van der Waals surface area (Å²) in [5, 5.41) is 12.0. The maximum absolute atomic E-state index is 12.9. The first-order valence-electron chi connectivity index (χ1n) is 7.00. The molecule has 2 aromatic carbocycles. The summed E-state index contributed by atoms with van der Waals surface area (Å²) < 4.78 is 38.7. The van der Waals surface area contributed by atoms with E-state index in [1.165, 1.54) is 6.07 Å². The Kier molecular flexibility index (Phi) is 4.45. The normalized spacial score (nSPS) is 11.4. The molecule has 3 aromatic rings. The lowest BCUT2D eigenvalue weighted by Crippen LogP contribution is -2.15. The summed E-state index contributed by atoms with van der Waals surface area (Å²) in [7, 11) is 0. The zero-order valence-electron chi connectivity index (χ0n) is 12.4. The number of halogens is 4. The van der Waals surface area contributed by atoms with Crippen LogP contribution in [0, 0.1) is 0 Å². The number of carbonyl (C=O) groups is 1. The quantitative estimate of drug-likeness (QED) is 0.722. The molecule has 9 heteroatoms. The molecule has 0 fully saturated rings. The molecular weight excluding hydrogens is 357 g/mol. The Morgan fingerprint density at radius 1 is 1.08 bits per heavy atom. The minimum Gasteiger partial charge on any atom is -0.321 e. The SMILES string of the molecule is O=C(Nc1ccc(Cl)c(C(F)(F)F)c1)c1n[nH]nc1-c1ccccc1. The van der Waals surface area contributed by atoms with Crippen LogP contribution in [0.1, 0.15) is 16.1 Å². The van der Waals surface area contributed by atoms with Gasteiger partial charge in [-0.25, -0.2) is 0 Å². The number of nitrogens with zero attached hydrogens (tertiary/aromatic N) is 2. The van der Waals surface area contributed by atoms with Crippen molar-refractivity contribution in [3.8, 4) is 11.3 Å². The summed E-state index contributed by atoms with van der Waals surface area (Å²) in [4.78, 5) is 12.4. The van der Waals surface area contributed by atoms with E-state index in [2.05, 4.69) is 20.7 Å². The molecule has 3 rings (SSSR count). The number of carbonyl (C=O) groups excluding carboxylic acids is 1. The van der Waals surface area contributed by atoms with Crippen molar-refractivity contribution < 1.29 is 18.0 Å². The molecule has 1 heterocycles. The van der Waals surface area contributed by atoms with E-state index in [1.54, 1.807) is 30.3 Å². The van der Waals surface area contributed by atoms with Crippen molar-refractivity contribution in [2.75, 3.05) is 5.32 Å². The average molecular weight is 367 g/mol. The molecule has 0 spiro atoms. The maximum atomic E-state index is 12.9. The van der Waals surface area contributed by atoms with Crippen molar-refractivity contribution in [1.82, 2.24) is 15.4 Å². The van der Waals surface area contributed by atoms with E-state index in [0.29, 0.717) is 11.3 Å². The molecule has 0 radical (unpaired) electrons. The lowest BCUT2D eigenvalue weighted by molar-refractivity contribution is -0.137. The molecule has 0 saturated heterocycles. The first-order valence-corrected chi connectivity index (χ1v) is 7.38. The van der Waals surface area contributed by atoms with Crippen LogP contribution in [0.4, 0.5) is 18.9 Å². The lowest BCUT2D eigenvalue weighted by Gasteiger charge is -2.11. The van der Waals surface area contributed by atoms with Gasteiger partial charge in [0, 0.05) is 11.3 Å². The molecule has 1 aromatic heterocycles. The smallest absolute Gasteiger partial charge is 0.321 e. The van der Waals surface area contributed by atoms with Crippen molar-refractivity contribution in [3.63, 3.8) is 0 Å². The van der Waals surface area contributed by atoms with Gasteiger partial charge in [-0.15, -0.1) is 0 Å². The van der Waals surface area contributed by atoms with Crippen LogP contribution in [0.5, 0.6) is 0 Å². The van der Waals surface area contributed by atoms with Gasteiger partial charge in [0.15, 0.2) is 5.69 Å². The first kappa shape index (κ1) is 17.0. The fourth-order valence-electron chi connectivity index (χ4n) is 2.20. The van der Waals surface area contributed by atoms with Gasteiger partial charge in [-0.1, -0.05) is 41.9 Å². The van der Waals surface area contributed by atoms with E-state index in [1.807, 2.05) is 0 Å². The largest absolute Gasteiger partial charge is 0.417 e. The highest BCUT2D eigenvalue weighted by Crippen LogP contribution is 2.36. The number of rotatable bonds is 3. The highest BCUT2D eigenvalue weighted by Gasteiger charge is 2.33. The lowest BCUT2D eigenvalue weighted by atomic mass is 10.1. The molecule has 0 saturated carbocycles. The van der Waals surface area contributed by atoms with Crippen LogP contribution in [0.25, 0.3) is 11.3 Å². The highest BCUT2D eigenvalue weighted by molar-refractivity contribution is 6.31. The molecule has 2 N–H and O–H groups in total. The molecule has 0 unspecified atom stereocenters. The van der Waals surface area contributed by atoms with Gasteiger partial charge in [0.2, 0.25) is 0 Å². The van der Waals surface area contributed by atoms with Crippen LogP contribution in [-0.2, 0) is 6.18 Å². The molecular formula is C16H10ClF3N4O. The Balaban J connectivity index is 1.89. The summed E-state index contributed by atoms with van der Waals surface area (Å²) in [6.07, 6.45) is -4.62. The Bertz CT molecular complexity index is 909. The van der Waals surface area contributed by atoms with Gasteiger partial charge in [-0.05, 0) is 18.2 Å². The number of amides is 1.